The molecule has 1 heterocycles. The number of rotatable bonds is 4. The van der Waals surface area contributed by atoms with Crippen molar-refractivity contribution in [2.24, 2.45) is 0 Å². The maximum absolute atomic E-state index is 9.83. The molecule has 0 bridgehead atoms. The Morgan fingerprint density at radius 2 is 2.36 bits per heavy atom. The van der Waals surface area contributed by atoms with E-state index in [1.165, 1.54) is 11.5 Å². The zero-order valence-electron chi connectivity index (χ0n) is 8.29. The molecule has 5 heteroatoms. The van der Waals surface area contributed by atoms with Gasteiger partial charge in [0.15, 0.2) is 0 Å². The van der Waals surface area contributed by atoms with E-state index in [1.54, 1.807) is 0 Å². The van der Waals surface area contributed by atoms with Gasteiger partial charge >= 0.3 is 0 Å². The van der Waals surface area contributed by atoms with Gasteiger partial charge in [-0.1, -0.05) is 6.92 Å². The molecule has 1 aromatic rings. The molecule has 1 aromatic heterocycles. The van der Waals surface area contributed by atoms with Crippen LogP contribution in [-0.4, -0.2) is 26.6 Å². The lowest BCUT2D eigenvalue weighted by Gasteiger charge is -2.36. The first-order valence-corrected chi connectivity index (χ1v) is 5.78. The quantitative estimate of drug-likeness (QED) is 0.794. The summed E-state index contributed by atoms with van der Waals surface area (Å²) in [5.74, 6) is 0.873. The van der Waals surface area contributed by atoms with Crippen LogP contribution in [0.15, 0.2) is 0 Å². The molecular formula is C9H15N3OS. The summed E-state index contributed by atoms with van der Waals surface area (Å²) in [6.07, 6.45) is 3.80. The summed E-state index contributed by atoms with van der Waals surface area (Å²) >= 11 is 1.37. The summed E-state index contributed by atoms with van der Waals surface area (Å²) in [7, 11) is 0. The van der Waals surface area contributed by atoms with E-state index in [9.17, 15) is 5.11 Å². The summed E-state index contributed by atoms with van der Waals surface area (Å²) in [6, 6.07) is 0. The molecule has 0 spiro atoms. The summed E-state index contributed by atoms with van der Waals surface area (Å²) in [4.78, 5) is 4.28. The number of hydrogen-bond donors (Lipinski definition) is 2. The van der Waals surface area contributed by atoms with Crippen LogP contribution in [0.25, 0.3) is 0 Å². The fraction of sp³-hybridized carbons (Fsp3) is 0.778. The third-order valence-corrected chi connectivity index (χ3v) is 3.35. The van der Waals surface area contributed by atoms with Crippen LogP contribution in [0.2, 0.25) is 0 Å². The molecule has 0 aromatic carbocycles. The molecule has 0 saturated heterocycles. The van der Waals surface area contributed by atoms with E-state index < -0.39 is 5.60 Å². The molecule has 1 saturated carbocycles. The number of aromatic nitrogens is 2. The van der Waals surface area contributed by atoms with Gasteiger partial charge in [-0.2, -0.15) is 4.37 Å². The van der Waals surface area contributed by atoms with Crippen molar-refractivity contribution in [1.82, 2.24) is 9.36 Å². The van der Waals surface area contributed by atoms with E-state index in [0.717, 1.165) is 36.6 Å². The van der Waals surface area contributed by atoms with E-state index in [-0.39, 0.29) is 0 Å². The van der Waals surface area contributed by atoms with Crippen molar-refractivity contribution in [1.29, 1.82) is 0 Å². The third-order valence-electron chi connectivity index (χ3n) is 2.64. The second kappa shape index (κ2) is 3.82. The molecule has 0 amide bonds. The largest absolute Gasteiger partial charge is 0.388 e. The first-order chi connectivity index (χ1) is 6.72. The van der Waals surface area contributed by atoms with Crippen molar-refractivity contribution in [3.63, 3.8) is 0 Å². The molecule has 1 fully saturated rings. The minimum atomic E-state index is -0.488. The Hall–Kier alpha value is -0.680. The minimum Gasteiger partial charge on any atom is -0.388 e. The van der Waals surface area contributed by atoms with Gasteiger partial charge < -0.3 is 10.4 Å². The van der Waals surface area contributed by atoms with Crippen LogP contribution in [0.3, 0.4) is 0 Å². The third kappa shape index (κ3) is 2.04. The Morgan fingerprint density at radius 1 is 1.57 bits per heavy atom. The van der Waals surface area contributed by atoms with Crippen LogP contribution in [-0.2, 0) is 6.42 Å². The molecule has 1 aliphatic rings. The summed E-state index contributed by atoms with van der Waals surface area (Å²) in [6.45, 7) is 2.64. The Bertz CT molecular complexity index is 309. The van der Waals surface area contributed by atoms with E-state index in [1.807, 2.05) is 6.92 Å². The highest BCUT2D eigenvalue weighted by molar-refractivity contribution is 7.09. The van der Waals surface area contributed by atoms with E-state index in [2.05, 4.69) is 14.7 Å². The van der Waals surface area contributed by atoms with Gasteiger partial charge in [0.25, 0.3) is 0 Å². The number of anilines is 1. The van der Waals surface area contributed by atoms with Crippen LogP contribution in [0.1, 0.15) is 32.0 Å². The normalized spacial score (nSPS) is 19.0. The second-order valence-corrected chi connectivity index (χ2v) is 4.55. The molecule has 4 nitrogen and oxygen atoms in total. The monoisotopic (exact) mass is 213 g/mol. The van der Waals surface area contributed by atoms with Crippen molar-refractivity contribution in [2.75, 3.05) is 11.9 Å². The Morgan fingerprint density at radius 3 is 2.86 bits per heavy atom. The molecule has 1 aliphatic carbocycles. The number of aryl methyl sites for hydroxylation is 1. The second-order valence-electron chi connectivity index (χ2n) is 3.80. The van der Waals surface area contributed by atoms with Gasteiger partial charge in [-0.25, -0.2) is 4.98 Å². The van der Waals surface area contributed by atoms with Gasteiger partial charge in [0.05, 0.1) is 5.60 Å². The van der Waals surface area contributed by atoms with Crippen molar-refractivity contribution in [2.45, 2.75) is 38.2 Å². The zero-order chi connectivity index (χ0) is 10.0. The van der Waals surface area contributed by atoms with E-state index in [0.29, 0.717) is 6.54 Å². The smallest absolute Gasteiger partial charge is 0.202 e. The fourth-order valence-electron chi connectivity index (χ4n) is 1.47. The van der Waals surface area contributed by atoms with Gasteiger partial charge in [0.1, 0.15) is 5.82 Å². The van der Waals surface area contributed by atoms with Gasteiger partial charge in [0, 0.05) is 24.5 Å². The molecule has 78 valence electrons. The highest BCUT2D eigenvalue weighted by Gasteiger charge is 2.34. The average molecular weight is 213 g/mol. The van der Waals surface area contributed by atoms with E-state index in [4.69, 9.17) is 0 Å². The first-order valence-electron chi connectivity index (χ1n) is 5.01. The van der Waals surface area contributed by atoms with E-state index >= 15 is 0 Å². The highest BCUT2D eigenvalue weighted by Crippen LogP contribution is 2.31. The minimum absolute atomic E-state index is 0.488. The molecular weight excluding hydrogens is 198 g/mol. The lowest BCUT2D eigenvalue weighted by atomic mass is 9.80. The Kier molecular flexibility index (Phi) is 2.69. The van der Waals surface area contributed by atoms with Crippen LogP contribution in [0.5, 0.6) is 0 Å². The molecule has 0 radical (unpaired) electrons. The van der Waals surface area contributed by atoms with Crippen molar-refractivity contribution >= 4 is 16.7 Å². The first kappa shape index (κ1) is 9.86. The number of aliphatic hydroxyl groups is 1. The summed E-state index contributed by atoms with van der Waals surface area (Å²) in [5, 5.41) is 13.8. The SMILES string of the molecule is CCc1nsc(NCC2(O)CCC2)n1. The zero-order valence-corrected chi connectivity index (χ0v) is 9.10. The summed E-state index contributed by atoms with van der Waals surface area (Å²) < 4.78 is 4.17. The molecule has 2 N–H and O–H groups in total. The van der Waals surface area contributed by atoms with Gasteiger partial charge in [-0.15, -0.1) is 0 Å². The number of nitrogens with zero attached hydrogens (tertiary/aromatic N) is 2. The molecule has 14 heavy (non-hydrogen) atoms. The van der Waals surface area contributed by atoms with Crippen molar-refractivity contribution in [3.8, 4) is 0 Å². The van der Waals surface area contributed by atoms with Crippen LogP contribution in [0.4, 0.5) is 5.13 Å². The van der Waals surface area contributed by atoms with Gasteiger partial charge in [0.2, 0.25) is 5.13 Å². The standard InChI is InChI=1S/C9H15N3OS/c1-2-7-11-8(14-12-7)10-6-9(13)4-3-5-9/h13H,2-6H2,1H3,(H,10,11,12). The Labute approximate surface area is 87.5 Å². The van der Waals surface area contributed by atoms with Crippen molar-refractivity contribution in [3.05, 3.63) is 5.82 Å². The van der Waals surface area contributed by atoms with Gasteiger partial charge in [-0.05, 0) is 19.3 Å². The predicted octanol–water partition coefficient (Wildman–Crippen LogP) is 1.43. The van der Waals surface area contributed by atoms with Crippen molar-refractivity contribution < 1.29 is 5.11 Å². The maximum atomic E-state index is 9.83. The van der Waals surface area contributed by atoms with Crippen LogP contribution < -0.4 is 5.32 Å². The van der Waals surface area contributed by atoms with Gasteiger partial charge in [-0.3, -0.25) is 0 Å². The summed E-state index contributed by atoms with van der Waals surface area (Å²) in [5.41, 5.74) is -0.488. The maximum Gasteiger partial charge on any atom is 0.202 e. The van der Waals surface area contributed by atoms with Crippen LogP contribution >= 0.6 is 11.5 Å². The lowest BCUT2D eigenvalue weighted by molar-refractivity contribution is -0.0202. The highest BCUT2D eigenvalue weighted by atomic mass is 32.1. The topological polar surface area (TPSA) is 58.0 Å². The fourth-order valence-corrected chi connectivity index (χ4v) is 2.12. The predicted molar refractivity (Wildman–Crippen MR) is 56.6 cm³/mol. The molecule has 0 aliphatic heterocycles. The molecule has 2 rings (SSSR count). The lowest BCUT2D eigenvalue weighted by Crippen LogP contribution is -2.43. The molecule has 0 unspecified atom stereocenters. The average Bonchev–Trinajstić information content (AvgIpc) is 2.59. The van der Waals surface area contributed by atoms with Crippen LogP contribution in [0, 0.1) is 0 Å². The number of nitrogens with one attached hydrogen (secondary N) is 1. The molecule has 0 atom stereocenters. The number of hydrogen-bond acceptors (Lipinski definition) is 5. The Balaban J connectivity index is 1.85.